The molecule has 1 aromatic heterocycles. The normalized spacial score (nSPS) is 31.4. The minimum absolute atomic E-state index is 0.128. The van der Waals surface area contributed by atoms with Crippen LogP contribution in [0.15, 0.2) is 4.52 Å². The fourth-order valence-corrected chi connectivity index (χ4v) is 3.54. The second-order valence-corrected chi connectivity index (χ2v) is 8.18. The van der Waals surface area contributed by atoms with Crippen LogP contribution in [-0.4, -0.2) is 10.1 Å². The van der Waals surface area contributed by atoms with Crippen LogP contribution >= 0.6 is 0 Å². The van der Waals surface area contributed by atoms with Crippen LogP contribution < -0.4 is 5.73 Å². The highest BCUT2D eigenvalue weighted by Gasteiger charge is 2.44. The summed E-state index contributed by atoms with van der Waals surface area (Å²) in [5, 5.41) is 4.17. The lowest BCUT2D eigenvalue weighted by molar-refractivity contribution is 0.0997. The molecule has 4 nitrogen and oxygen atoms in total. The molecule has 0 spiro atoms. The first-order valence-electron chi connectivity index (χ1n) is 7.15. The van der Waals surface area contributed by atoms with Crippen molar-refractivity contribution in [2.75, 3.05) is 0 Å². The third-order valence-corrected chi connectivity index (χ3v) is 3.92. The zero-order valence-electron chi connectivity index (χ0n) is 13.1. The fourth-order valence-electron chi connectivity index (χ4n) is 3.54. The van der Waals surface area contributed by atoms with Crippen LogP contribution in [0.25, 0.3) is 0 Å². The predicted octanol–water partition coefficient (Wildman–Crippen LogP) is 3.37. The second-order valence-electron chi connectivity index (χ2n) is 8.18. The molecule has 1 aliphatic carbocycles. The Morgan fingerprint density at radius 1 is 1.26 bits per heavy atom. The van der Waals surface area contributed by atoms with Crippen molar-refractivity contribution < 1.29 is 4.52 Å². The average molecular weight is 265 g/mol. The Morgan fingerprint density at radius 2 is 1.89 bits per heavy atom. The Kier molecular flexibility index (Phi) is 3.28. The van der Waals surface area contributed by atoms with Gasteiger partial charge in [-0.3, -0.25) is 0 Å². The van der Waals surface area contributed by atoms with Crippen molar-refractivity contribution >= 4 is 0 Å². The monoisotopic (exact) mass is 265 g/mol. The summed E-state index contributed by atoms with van der Waals surface area (Å²) in [7, 11) is 0. The maximum Gasteiger partial charge on any atom is 0.232 e. The molecule has 2 rings (SSSR count). The number of rotatable bonds is 1. The zero-order valence-corrected chi connectivity index (χ0v) is 13.1. The zero-order chi connectivity index (χ0) is 14.5. The van der Waals surface area contributed by atoms with Gasteiger partial charge in [-0.25, -0.2) is 0 Å². The van der Waals surface area contributed by atoms with Crippen LogP contribution in [0, 0.1) is 11.3 Å². The van der Waals surface area contributed by atoms with Crippen LogP contribution in [0.5, 0.6) is 0 Å². The minimum Gasteiger partial charge on any atom is -0.339 e. The van der Waals surface area contributed by atoms with Gasteiger partial charge in [-0.15, -0.1) is 0 Å². The van der Waals surface area contributed by atoms with Crippen molar-refractivity contribution in [3.05, 3.63) is 11.7 Å². The molecule has 2 atom stereocenters. The van der Waals surface area contributed by atoms with Gasteiger partial charge in [0.15, 0.2) is 5.82 Å². The second kappa shape index (κ2) is 4.30. The minimum atomic E-state index is -0.450. The first-order valence-corrected chi connectivity index (χ1v) is 7.15. The summed E-state index contributed by atoms with van der Waals surface area (Å²) in [6, 6.07) is 0. The van der Waals surface area contributed by atoms with E-state index in [0.717, 1.165) is 12.8 Å². The van der Waals surface area contributed by atoms with Gasteiger partial charge in [0.25, 0.3) is 0 Å². The van der Waals surface area contributed by atoms with Crippen molar-refractivity contribution in [1.29, 1.82) is 0 Å². The quantitative estimate of drug-likeness (QED) is 0.845. The SMILES string of the molecule is CC1CC(C)(C)CC(N)(c2noc(C(C)(C)C)n2)C1. The topological polar surface area (TPSA) is 64.9 Å². The van der Waals surface area contributed by atoms with Crippen molar-refractivity contribution in [2.24, 2.45) is 17.1 Å². The van der Waals surface area contributed by atoms with Crippen molar-refractivity contribution in [2.45, 2.75) is 71.8 Å². The van der Waals surface area contributed by atoms with Gasteiger partial charge in [-0.2, -0.15) is 4.98 Å². The summed E-state index contributed by atoms with van der Waals surface area (Å²) < 4.78 is 5.41. The highest BCUT2D eigenvalue weighted by atomic mass is 16.5. The lowest BCUT2D eigenvalue weighted by Crippen LogP contribution is -2.47. The Labute approximate surface area is 116 Å². The van der Waals surface area contributed by atoms with E-state index in [0.29, 0.717) is 17.6 Å². The van der Waals surface area contributed by atoms with Crippen LogP contribution in [-0.2, 0) is 11.0 Å². The molecule has 0 bridgehead atoms. The van der Waals surface area contributed by atoms with E-state index in [1.165, 1.54) is 6.42 Å². The Balaban J connectivity index is 2.31. The molecule has 19 heavy (non-hydrogen) atoms. The average Bonchev–Trinajstić information content (AvgIpc) is 2.60. The molecular formula is C15H27N3O. The van der Waals surface area contributed by atoms with Gasteiger partial charge in [0.05, 0.1) is 5.54 Å². The number of aromatic nitrogens is 2. The van der Waals surface area contributed by atoms with Crippen LogP contribution in [0.3, 0.4) is 0 Å². The summed E-state index contributed by atoms with van der Waals surface area (Å²) in [6.45, 7) is 13.0. The van der Waals surface area contributed by atoms with Crippen LogP contribution in [0.4, 0.5) is 0 Å². The summed E-state index contributed by atoms with van der Waals surface area (Å²) in [6.07, 6.45) is 3.04. The Morgan fingerprint density at radius 3 is 2.37 bits per heavy atom. The lowest BCUT2D eigenvalue weighted by Gasteiger charge is -2.43. The van der Waals surface area contributed by atoms with Gasteiger partial charge in [-0.05, 0) is 30.6 Å². The number of hydrogen-bond acceptors (Lipinski definition) is 4. The van der Waals surface area contributed by atoms with Gasteiger partial charge in [-0.1, -0.05) is 46.7 Å². The first-order chi connectivity index (χ1) is 8.52. The molecule has 0 amide bonds. The van der Waals surface area contributed by atoms with E-state index in [4.69, 9.17) is 10.3 Å². The largest absolute Gasteiger partial charge is 0.339 e. The maximum atomic E-state index is 6.62. The molecule has 0 saturated heterocycles. The Bertz CT molecular complexity index is 458. The molecule has 2 N–H and O–H groups in total. The molecular weight excluding hydrogens is 238 g/mol. The van der Waals surface area contributed by atoms with Crippen molar-refractivity contribution in [3.63, 3.8) is 0 Å². The molecule has 0 radical (unpaired) electrons. The van der Waals surface area contributed by atoms with Crippen LogP contribution in [0.2, 0.25) is 0 Å². The van der Waals surface area contributed by atoms with Crippen molar-refractivity contribution in [1.82, 2.24) is 10.1 Å². The molecule has 108 valence electrons. The first kappa shape index (κ1) is 14.5. The fraction of sp³-hybridized carbons (Fsp3) is 0.867. The third-order valence-electron chi connectivity index (χ3n) is 3.92. The third kappa shape index (κ3) is 2.99. The van der Waals surface area contributed by atoms with Crippen LogP contribution in [0.1, 0.15) is 72.5 Å². The molecule has 1 fully saturated rings. The summed E-state index contributed by atoms with van der Waals surface area (Å²) in [5.74, 6) is 1.94. The van der Waals surface area contributed by atoms with E-state index in [2.05, 4.69) is 51.7 Å². The van der Waals surface area contributed by atoms with Gasteiger partial charge < -0.3 is 10.3 Å². The number of hydrogen-bond donors (Lipinski definition) is 1. The molecule has 0 aromatic carbocycles. The molecule has 4 heteroatoms. The summed E-state index contributed by atoms with van der Waals surface area (Å²) >= 11 is 0. The standard InChI is InChI=1S/C15H27N3O/c1-10-7-14(5,6)9-15(16,8-10)11-17-12(19-18-11)13(2,3)4/h10H,7-9,16H2,1-6H3. The van der Waals surface area contributed by atoms with E-state index >= 15 is 0 Å². The Hall–Kier alpha value is -0.900. The predicted molar refractivity (Wildman–Crippen MR) is 75.7 cm³/mol. The molecule has 1 aliphatic rings. The summed E-state index contributed by atoms with van der Waals surface area (Å²) in [4.78, 5) is 4.57. The van der Waals surface area contributed by atoms with E-state index in [1.54, 1.807) is 0 Å². The highest BCUT2D eigenvalue weighted by molar-refractivity contribution is 5.11. The molecule has 1 heterocycles. The maximum absolute atomic E-state index is 6.62. The summed E-state index contributed by atoms with van der Waals surface area (Å²) in [5.41, 5.74) is 6.27. The van der Waals surface area contributed by atoms with E-state index < -0.39 is 5.54 Å². The number of nitrogens with two attached hydrogens (primary N) is 1. The van der Waals surface area contributed by atoms with Gasteiger partial charge in [0, 0.05) is 5.41 Å². The van der Waals surface area contributed by atoms with E-state index in [9.17, 15) is 0 Å². The molecule has 1 saturated carbocycles. The smallest absolute Gasteiger partial charge is 0.232 e. The highest BCUT2D eigenvalue weighted by Crippen LogP contribution is 2.46. The molecule has 1 aromatic rings. The van der Waals surface area contributed by atoms with E-state index in [1.807, 2.05) is 0 Å². The van der Waals surface area contributed by atoms with Gasteiger partial charge >= 0.3 is 0 Å². The lowest BCUT2D eigenvalue weighted by atomic mass is 9.64. The molecule has 0 aliphatic heterocycles. The molecule has 2 unspecified atom stereocenters. The number of nitrogens with zero attached hydrogens (tertiary/aromatic N) is 2. The van der Waals surface area contributed by atoms with Gasteiger partial charge in [0.2, 0.25) is 5.89 Å². The van der Waals surface area contributed by atoms with Gasteiger partial charge in [0.1, 0.15) is 0 Å². The van der Waals surface area contributed by atoms with E-state index in [-0.39, 0.29) is 10.8 Å². The van der Waals surface area contributed by atoms with Crippen molar-refractivity contribution in [3.8, 4) is 0 Å².